The summed E-state index contributed by atoms with van der Waals surface area (Å²) < 4.78 is 49.3. The maximum atomic E-state index is 13.2. The number of piperazine rings is 1. The summed E-state index contributed by atoms with van der Waals surface area (Å²) in [7, 11) is -3.62. The molecule has 0 N–H and O–H groups in total. The average molecular weight is 467 g/mol. The van der Waals surface area contributed by atoms with Crippen molar-refractivity contribution >= 4 is 16.1 Å². The molecule has 0 bridgehead atoms. The number of rotatable bonds is 4. The second-order valence-electron chi connectivity index (χ2n) is 8.19. The van der Waals surface area contributed by atoms with Crippen molar-refractivity contribution in [1.82, 2.24) is 28.5 Å². The lowest BCUT2D eigenvalue weighted by atomic mass is 10.2. The van der Waals surface area contributed by atoms with Crippen molar-refractivity contribution in [3.05, 3.63) is 41.5 Å². The average Bonchev–Trinajstić information content (AvgIpc) is 3.14. The lowest BCUT2D eigenvalue weighted by Crippen LogP contribution is -2.57. The van der Waals surface area contributed by atoms with Crippen molar-refractivity contribution in [2.45, 2.75) is 33.0 Å². The van der Waals surface area contributed by atoms with Crippen LogP contribution in [-0.2, 0) is 14.9 Å². The molecule has 2 aliphatic rings. The number of benzene rings is 1. The number of nitrogens with zero attached hydrogens (tertiary/aromatic N) is 6. The second kappa shape index (κ2) is 8.85. The van der Waals surface area contributed by atoms with Crippen molar-refractivity contribution in [2.75, 3.05) is 39.3 Å². The van der Waals surface area contributed by atoms with Crippen LogP contribution in [0.25, 0.3) is 5.69 Å². The molecule has 1 aromatic heterocycles. The molecule has 174 valence electrons. The molecule has 2 atom stereocenters. The lowest BCUT2D eigenvalue weighted by Gasteiger charge is -2.40. The van der Waals surface area contributed by atoms with Gasteiger partial charge in [-0.15, -0.1) is 5.10 Å². The zero-order valence-corrected chi connectivity index (χ0v) is 19.1. The van der Waals surface area contributed by atoms with Gasteiger partial charge in [0.2, 0.25) is 0 Å². The largest absolute Gasteiger partial charge is 0.373 e. The molecule has 1 amide bonds. The molecule has 2 saturated heterocycles. The van der Waals surface area contributed by atoms with Gasteiger partial charge < -0.3 is 9.64 Å². The van der Waals surface area contributed by atoms with Gasteiger partial charge >= 0.3 is 0 Å². The standard InChI is InChI=1S/C20H27FN6O4S/c1-14-12-26(13-15(2)31-14)32(29,30)25-10-8-24(9-11-25)20(28)19-16(3)27(23-22-19)18-6-4-17(21)5-7-18/h4-7,14-15H,8-13H2,1-3H3. The van der Waals surface area contributed by atoms with E-state index in [4.69, 9.17) is 4.74 Å². The summed E-state index contributed by atoms with van der Waals surface area (Å²) in [5, 5.41) is 8.05. The number of amides is 1. The van der Waals surface area contributed by atoms with Crippen LogP contribution in [0.3, 0.4) is 0 Å². The van der Waals surface area contributed by atoms with Crippen molar-refractivity contribution in [1.29, 1.82) is 0 Å². The molecule has 0 saturated carbocycles. The van der Waals surface area contributed by atoms with Crippen LogP contribution in [0.4, 0.5) is 4.39 Å². The van der Waals surface area contributed by atoms with E-state index >= 15 is 0 Å². The van der Waals surface area contributed by atoms with E-state index in [1.54, 1.807) is 24.0 Å². The number of aromatic nitrogens is 3. The molecule has 32 heavy (non-hydrogen) atoms. The highest BCUT2D eigenvalue weighted by Gasteiger charge is 2.37. The van der Waals surface area contributed by atoms with E-state index in [1.165, 1.54) is 25.4 Å². The first-order valence-corrected chi connectivity index (χ1v) is 11.9. The Labute approximate surface area is 186 Å². The molecule has 2 fully saturated rings. The monoisotopic (exact) mass is 466 g/mol. The van der Waals surface area contributed by atoms with Crippen molar-refractivity contribution in [2.24, 2.45) is 0 Å². The molecule has 1 aromatic carbocycles. The fraction of sp³-hybridized carbons (Fsp3) is 0.550. The number of hydrogen-bond acceptors (Lipinski definition) is 6. The summed E-state index contributed by atoms with van der Waals surface area (Å²) in [6, 6.07) is 5.74. The number of halogens is 1. The minimum Gasteiger partial charge on any atom is -0.373 e. The number of hydrogen-bond donors (Lipinski definition) is 0. The summed E-state index contributed by atoms with van der Waals surface area (Å²) in [5.41, 5.74) is 1.33. The molecular weight excluding hydrogens is 439 g/mol. The minimum atomic E-state index is -3.62. The van der Waals surface area contributed by atoms with Crippen molar-refractivity contribution < 1.29 is 22.3 Å². The van der Waals surface area contributed by atoms with Crippen LogP contribution >= 0.6 is 0 Å². The molecule has 3 heterocycles. The van der Waals surface area contributed by atoms with Crippen LogP contribution in [0.2, 0.25) is 0 Å². The molecule has 10 nitrogen and oxygen atoms in total. The number of ether oxygens (including phenoxy) is 1. The number of morpholine rings is 1. The van der Waals surface area contributed by atoms with E-state index in [0.29, 0.717) is 24.5 Å². The number of carbonyl (C=O) groups is 1. The van der Waals surface area contributed by atoms with E-state index in [0.717, 1.165) is 0 Å². The SMILES string of the molecule is Cc1c(C(=O)N2CCN(S(=O)(=O)N3CC(C)OC(C)C3)CC2)nnn1-c1ccc(F)cc1. The molecule has 4 rings (SSSR count). The van der Waals surface area contributed by atoms with Gasteiger partial charge in [-0.1, -0.05) is 5.21 Å². The van der Waals surface area contributed by atoms with Gasteiger partial charge in [0.25, 0.3) is 16.1 Å². The summed E-state index contributed by atoms with van der Waals surface area (Å²) in [6.45, 7) is 7.00. The van der Waals surface area contributed by atoms with Crippen LogP contribution in [0.15, 0.2) is 24.3 Å². The predicted octanol–water partition coefficient (Wildman–Crippen LogP) is 0.827. The molecule has 2 unspecified atom stereocenters. The normalized spacial score (nSPS) is 23.4. The van der Waals surface area contributed by atoms with Gasteiger partial charge in [0, 0.05) is 39.3 Å². The van der Waals surface area contributed by atoms with Crippen LogP contribution in [0.1, 0.15) is 30.0 Å². The molecule has 0 aliphatic carbocycles. The highest BCUT2D eigenvalue weighted by atomic mass is 32.2. The summed E-state index contributed by atoms with van der Waals surface area (Å²) in [4.78, 5) is 14.6. The quantitative estimate of drug-likeness (QED) is 0.662. The van der Waals surface area contributed by atoms with Gasteiger partial charge in [-0.25, -0.2) is 9.07 Å². The fourth-order valence-electron chi connectivity index (χ4n) is 4.11. The predicted molar refractivity (Wildman–Crippen MR) is 114 cm³/mol. The van der Waals surface area contributed by atoms with E-state index in [9.17, 15) is 17.6 Å². The number of carbonyl (C=O) groups excluding carboxylic acids is 1. The fourth-order valence-corrected chi connectivity index (χ4v) is 5.86. The molecule has 12 heteroatoms. The van der Waals surface area contributed by atoms with Crippen molar-refractivity contribution in [3.8, 4) is 5.69 Å². The second-order valence-corrected chi connectivity index (χ2v) is 10.1. The van der Waals surface area contributed by atoms with Crippen molar-refractivity contribution in [3.63, 3.8) is 0 Å². The van der Waals surface area contributed by atoms with Gasteiger partial charge in [-0.3, -0.25) is 4.79 Å². The van der Waals surface area contributed by atoms with E-state index in [1.807, 2.05) is 13.8 Å². The van der Waals surface area contributed by atoms with Gasteiger partial charge in [-0.05, 0) is 45.0 Å². The Hall–Kier alpha value is -2.41. The third-order valence-corrected chi connectivity index (χ3v) is 7.70. The smallest absolute Gasteiger partial charge is 0.282 e. The molecule has 0 radical (unpaired) electrons. The summed E-state index contributed by atoms with van der Waals surface area (Å²) in [5.74, 6) is -0.668. The van der Waals surface area contributed by atoms with Gasteiger partial charge in [0.1, 0.15) is 5.82 Å². The molecule has 0 spiro atoms. The van der Waals surface area contributed by atoms with E-state index in [2.05, 4.69) is 10.3 Å². The summed E-state index contributed by atoms with van der Waals surface area (Å²) >= 11 is 0. The van der Waals surface area contributed by atoms with Crippen LogP contribution in [0.5, 0.6) is 0 Å². The highest BCUT2D eigenvalue weighted by Crippen LogP contribution is 2.20. The molecule has 2 aliphatic heterocycles. The first kappa shape index (κ1) is 22.8. The Kier molecular flexibility index (Phi) is 6.30. The topological polar surface area (TPSA) is 101 Å². The third kappa shape index (κ3) is 4.40. The van der Waals surface area contributed by atoms with Crippen LogP contribution < -0.4 is 0 Å². The third-order valence-electron chi connectivity index (χ3n) is 5.73. The lowest BCUT2D eigenvalue weighted by molar-refractivity contribution is -0.0457. The first-order chi connectivity index (χ1) is 15.2. The highest BCUT2D eigenvalue weighted by molar-refractivity contribution is 7.86. The van der Waals surface area contributed by atoms with Gasteiger partial charge in [0.15, 0.2) is 5.69 Å². The van der Waals surface area contributed by atoms with Crippen LogP contribution in [-0.4, -0.2) is 94.3 Å². The Morgan fingerprint density at radius 1 is 1.03 bits per heavy atom. The van der Waals surface area contributed by atoms with Crippen LogP contribution in [0, 0.1) is 12.7 Å². The Bertz CT molecular complexity index is 1070. The zero-order valence-electron chi connectivity index (χ0n) is 18.3. The summed E-state index contributed by atoms with van der Waals surface area (Å²) in [6.07, 6.45) is -0.328. The Morgan fingerprint density at radius 2 is 1.62 bits per heavy atom. The minimum absolute atomic E-state index is 0.164. The maximum absolute atomic E-state index is 13.2. The first-order valence-electron chi connectivity index (χ1n) is 10.5. The molecule has 2 aromatic rings. The maximum Gasteiger partial charge on any atom is 0.282 e. The molecular formula is C20H27FN6O4S. The van der Waals surface area contributed by atoms with E-state index in [-0.39, 0.29) is 55.8 Å². The van der Waals surface area contributed by atoms with Gasteiger partial charge in [0.05, 0.1) is 23.6 Å². The van der Waals surface area contributed by atoms with E-state index < -0.39 is 10.2 Å². The Balaban J connectivity index is 1.42. The van der Waals surface area contributed by atoms with Gasteiger partial charge in [-0.2, -0.15) is 17.0 Å². The Morgan fingerprint density at radius 3 is 2.22 bits per heavy atom. The zero-order chi connectivity index (χ0) is 23.0.